The first-order valence-corrected chi connectivity index (χ1v) is 7.49. The van der Waals surface area contributed by atoms with E-state index in [1.807, 2.05) is 6.20 Å². The molecule has 2 N–H and O–H groups in total. The third kappa shape index (κ3) is 3.00. The van der Waals surface area contributed by atoms with Crippen LogP contribution >= 0.6 is 0 Å². The van der Waals surface area contributed by atoms with E-state index in [1.54, 1.807) is 6.92 Å². The molecule has 1 unspecified atom stereocenters. The number of carbonyl (C=O) groups is 1. The molecule has 0 saturated carbocycles. The van der Waals surface area contributed by atoms with Gasteiger partial charge in [0.05, 0.1) is 11.1 Å². The number of aryl methyl sites for hydroxylation is 1. The number of ether oxygens (including phenoxy) is 1. The van der Waals surface area contributed by atoms with Crippen molar-refractivity contribution in [3.05, 3.63) is 17.5 Å². The van der Waals surface area contributed by atoms with Crippen molar-refractivity contribution in [2.75, 3.05) is 18.5 Å². The zero-order valence-electron chi connectivity index (χ0n) is 12.3. The van der Waals surface area contributed by atoms with Crippen LogP contribution in [0.3, 0.4) is 0 Å². The topological polar surface area (TPSA) is 84.3 Å². The SMILES string of the molecule is CC1(C(=O)O)CCc2cnc(NC3CCOCC3)nc2C1. The van der Waals surface area contributed by atoms with E-state index in [-0.39, 0.29) is 0 Å². The number of rotatable bonds is 3. The molecule has 1 aliphatic heterocycles. The van der Waals surface area contributed by atoms with Crippen molar-refractivity contribution in [2.45, 2.75) is 45.1 Å². The summed E-state index contributed by atoms with van der Waals surface area (Å²) in [6.45, 7) is 3.32. The van der Waals surface area contributed by atoms with E-state index in [4.69, 9.17) is 4.74 Å². The number of aliphatic carboxylic acids is 1. The van der Waals surface area contributed by atoms with Crippen LogP contribution in [0.2, 0.25) is 0 Å². The normalized spacial score (nSPS) is 26.1. The van der Waals surface area contributed by atoms with Gasteiger partial charge in [-0.25, -0.2) is 9.97 Å². The largest absolute Gasteiger partial charge is 0.481 e. The number of carboxylic acids is 1. The molecule has 3 rings (SSSR count). The molecule has 1 aromatic heterocycles. The van der Waals surface area contributed by atoms with E-state index in [0.29, 0.717) is 24.8 Å². The predicted octanol–water partition coefficient (Wildman–Crippen LogP) is 1.65. The van der Waals surface area contributed by atoms with Gasteiger partial charge in [-0.2, -0.15) is 0 Å². The maximum atomic E-state index is 11.4. The summed E-state index contributed by atoms with van der Waals surface area (Å²) in [4.78, 5) is 20.3. The van der Waals surface area contributed by atoms with Gasteiger partial charge in [-0.3, -0.25) is 4.79 Å². The third-order valence-electron chi connectivity index (χ3n) is 4.53. The fourth-order valence-corrected chi connectivity index (χ4v) is 2.95. The summed E-state index contributed by atoms with van der Waals surface area (Å²) in [7, 11) is 0. The van der Waals surface area contributed by atoms with E-state index in [1.165, 1.54) is 0 Å². The Morgan fingerprint density at radius 2 is 2.24 bits per heavy atom. The highest BCUT2D eigenvalue weighted by Crippen LogP contribution is 2.34. The molecular weight excluding hydrogens is 270 g/mol. The molecule has 0 amide bonds. The Kier molecular flexibility index (Phi) is 3.80. The summed E-state index contributed by atoms with van der Waals surface area (Å²) in [5.41, 5.74) is 1.24. The number of hydrogen-bond donors (Lipinski definition) is 2. The van der Waals surface area contributed by atoms with Gasteiger partial charge in [0.25, 0.3) is 0 Å². The molecule has 2 aliphatic rings. The fraction of sp³-hybridized carbons (Fsp3) is 0.667. The quantitative estimate of drug-likeness (QED) is 0.881. The number of carboxylic acid groups (broad SMARTS) is 1. The lowest BCUT2D eigenvalue weighted by molar-refractivity contribution is -0.148. The second-order valence-corrected chi connectivity index (χ2v) is 6.24. The van der Waals surface area contributed by atoms with Crippen molar-refractivity contribution in [3.8, 4) is 0 Å². The molecule has 6 nitrogen and oxygen atoms in total. The number of aromatic nitrogens is 2. The molecule has 21 heavy (non-hydrogen) atoms. The van der Waals surface area contributed by atoms with Crippen LogP contribution in [-0.4, -0.2) is 40.3 Å². The molecule has 1 fully saturated rings. The fourth-order valence-electron chi connectivity index (χ4n) is 2.95. The van der Waals surface area contributed by atoms with Gasteiger partial charge in [0.2, 0.25) is 5.95 Å². The summed E-state index contributed by atoms with van der Waals surface area (Å²) in [5, 5.41) is 12.7. The zero-order valence-corrected chi connectivity index (χ0v) is 12.3. The molecule has 2 heterocycles. The van der Waals surface area contributed by atoms with Crippen LogP contribution in [0.25, 0.3) is 0 Å². The van der Waals surface area contributed by atoms with Crippen molar-refractivity contribution in [1.29, 1.82) is 0 Å². The highest BCUT2D eigenvalue weighted by Gasteiger charge is 2.37. The number of anilines is 1. The van der Waals surface area contributed by atoms with Gasteiger partial charge >= 0.3 is 5.97 Å². The Morgan fingerprint density at radius 1 is 1.48 bits per heavy atom. The van der Waals surface area contributed by atoms with Crippen LogP contribution in [0, 0.1) is 5.41 Å². The number of nitrogens with one attached hydrogen (secondary N) is 1. The summed E-state index contributed by atoms with van der Waals surface area (Å²) in [6, 6.07) is 0.339. The Hall–Kier alpha value is -1.69. The Morgan fingerprint density at radius 3 is 2.95 bits per heavy atom. The molecule has 1 saturated heterocycles. The maximum absolute atomic E-state index is 11.4. The highest BCUT2D eigenvalue weighted by atomic mass is 16.5. The minimum absolute atomic E-state index is 0.339. The summed E-state index contributed by atoms with van der Waals surface area (Å²) in [6.07, 6.45) is 5.59. The number of fused-ring (bicyclic) bond motifs is 1. The second kappa shape index (κ2) is 5.60. The van der Waals surface area contributed by atoms with Crippen LogP contribution in [0.4, 0.5) is 5.95 Å². The number of hydrogen-bond acceptors (Lipinski definition) is 5. The highest BCUT2D eigenvalue weighted by molar-refractivity contribution is 5.75. The van der Waals surface area contributed by atoms with E-state index in [0.717, 1.165) is 43.7 Å². The van der Waals surface area contributed by atoms with Crippen molar-refractivity contribution >= 4 is 11.9 Å². The minimum atomic E-state index is -0.745. The van der Waals surface area contributed by atoms with Gasteiger partial charge in [-0.05, 0) is 38.2 Å². The first kappa shape index (κ1) is 14.3. The maximum Gasteiger partial charge on any atom is 0.309 e. The first-order valence-electron chi connectivity index (χ1n) is 7.49. The van der Waals surface area contributed by atoms with Crippen molar-refractivity contribution in [3.63, 3.8) is 0 Å². The van der Waals surface area contributed by atoms with E-state index in [9.17, 15) is 9.90 Å². The molecule has 0 radical (unpaired) electrons. The molecular formula is C15H21N3O3. The average Bonchev–Trinajstić information content (AvgIpc) is 2.48. The molecule has 1 aliphatic carbocycles. The van der Waals surface area contributed by atoms with Crippen LogP contribution < -0.4 is 5.32 Å². The standard InChI is InChI=1S/C15H21N3O3/c1-15(13(19)20)5-2-10-9-16-14(18-12(10)8-15)17-11-3-6-21-7-4-11/h9,11H,2-8H2,1H3,(H,19,20)(H,16,17,18). The van der Waals surface area contributed by atoms with Crippen molar-refractivity contribution < 1.29 is 14.6 Å². The lowest BCUT2D eigenvalue weighted by Crippen LogP contribution is -2.35. The summed E-state index contributed by atoms with van der Waals surface area (Å²) < 4.78 is 5.34. The van der Waals surface area contributed by atoms with Gasteiger partial charge in [-0.15, -0.1) is 0 Å². The molecule has 0 spiro atoms. The smallest absolute Gasteiger partial charge is 0.309 e. The minimum Gasteiger partial charge on any atom is -0.481 e. The van der Waals surface area contributed by atoms with E-state index in [2.05, 4.69) is 15.3 Å². The molecule has 114 valence electrons. The van der Waals surface area contributed by atoms with Crippen LogP contribution in [0.15, 0.2) is 6.20 Å². The molecule has 1 atom stereocenters. The Labute approximate surface area is 123 Å². The van der Waals surface area contributed by atoms with Crippen LogP contribution in [0.5, 0.6) is 0 Å². The Bertz CT molecular complexity index is 543. The third-order valence-corrected chi connectivity index (χ3v) is 4.53. The van der Waals surface area contributed by atoms with Gasteiger partial charge < -0.3 is 15.2 Å². The predicted molar refractivity (Wildman–Crippen MR) is 77.3 cm³/mol. The molecule has 0 bridgehead atoms. The molecule has 1 aromatic rings. The van der Waals surface area contributed by atoms with Gasteiger partial charge in [-0.1, -0.05) is 0 Å². The van der Waals surface area contributed by atoms with Gasteiger partial charge in [0, 0.05) is 31.9 Å². The van der Waals surface area contributed by atoms with Gasteiger partial charge in [0.15, 0.2) is 0 Å². The lowest BCUT2D eigenvalue weighted by atomic mass is 9.75. The van der Waals surface area contributed by atoms with Crippen molar-refractivity contribution in [2.24, 2.45) is 5.41 Å². The number of nitrogens with zero attached hydrogens (tertiary/aromatic N) is 2. The van der Waals surface area contributed by atoms with Gasteiger partial charge in [0.1, 0.15) is 0 Å². The average molecular weight is 291 g/mol. The van der Waals surface area contributed by atoms with Crippen molar-refractivity contribution in [1.82, 2.24) is 9.97 Å². The molecule has 0 aromatic carbocycles. The van der Waals surface area contributed by atoms with E-state index >= 15 is 0 Å². The monoisotopic (exact) mass is 291 g/mol. The summed E-state index contributed by atoms with van der Waals surface area (Å²) in [5.74, 6) is -0.138. The lowest BCUT2D eigenvalue weighted by Gasteiger charge is -2.30. The van der Waals surface area contributed by atoms with Crippen LogP contribution in [-0.2, 0) is 22.4 Å². The summed E-state index contributed by atoms with van der Waals surface area (Å²) >= 11 is 0. The first-order chi connectivity index (χ1) is 10.1. The molecule has 6 heteroatoms. The van der Waals surface area contributed by atoms with Crippen LogP contribution in [0.1, 0.15) is 37.4 Å². The van der Waals surface area contributed by atoms with E-state index < -0.39 is 11.4 Å². The Balaban J connectivity index is 1.76. The second-order valence-electron chi connectivity index (χ2n) is 6.24. The zero-order chi connectivity index (χ0) is 14.9.